The van der Waals surface area contributed by atoms with E-state index in [1.807, 2.05) is 32.0 Å². The van der Waals surface area contributed by atoms with Crippen LogP contribution in [0.4, 0.5) is 0 Å². The molecule has 0 saturated carbocycles. The van der Waals surface area contributed by atoms with Crippen molar-refractivity contribution in [2.24, 2.45) is 0 Å². The number of rotatable bonds is 5. The second-order valence-corrected chi connectivity index (χ2v) is 4.65. The number of hydrogen-bond donors (Lipinski definition) is 1. The van der Waals surface area contributed by atoms with E-state index < -0.39 is 0 Å². The van der Waals surface area contributed by atoms with Gasteiger partial charge in [0.05, 0.1) is 12.8 Å². The summed E-state index contributed by atoms with van der Waals surface area (Å²) in [6.45, 7) is 6.76. The van der Waals surface area contributed by atoms with Crippen LogP contribution in [0.15, 0.2) is 28.8 Å². The van der Waals surface area contributed by atoms with Crippen LogP contribution in [-0.2, 0) is 6.54 Å². The molecular formula is C15H20N2O2. The van der Waals surface area contributed by atoms with Gasteiger partial charge >= 0.3 is 0 Å². The molecule has 0 amide bonds. The molecule has 0 aliphatic rings. The Kier molecular flexibility index (Phi) is 4.22. The normalized spacial score (nSPS) is 12.4. The molecule has 1 N–H and O–H groups in total. The van der Waals surface area contributed by atoms with Gasteiger partial charge in [-0.05, 0) is 26.8 Å². The second kappa shape index (κ2) is 5.89. The van der Waals surface area contributed by atoms with Crippen LogP contribution in [0.3, 0.4) is 0 Å². The lowest BCUT2D eigenvalue weighted by Gasteiger charge is -2.15. The van der Waals surface area contributed by atoms with Gasteiger partial charge in [0.15, 0.2) is 0 Å². The molecule has 1 heterocycles. The van der Waals surface area contributed by atoms with Gasteiger partial charge in [0, 0.05) is 23.7 Å². The lowest BCUT2D eigenvalue weighted by Crippen LogP contribution is -2.19. The third-order valence-corrected chi connectivity index (χ3v) is 3.31. The Morgan fingerprint density at radius 2 is 2.05 bits per heavy atom. The van der Waals surface area contributed by atoms with Crippen molar-refractivity contribution in [2.45, 2.75) is 33.4 Å². The highest BCUT2D eigenvalue weighted by molar-refractivity contribution is 5.33. The number of benzene rings is 1. The molecule has 1 aromatic heterocycles. The Balaban J connectivity index is 2.06. The lowest BCUT2D eigenvalue weighted by atomic mass is 10.1. The molecule has 1 aromatic carbocycles. The first-order valence-corrected chi connectivity index (χ1v) is 6.41. The molecule has 0 saturated heterocycles. The van der Waals surface area contributed by atoms with E-state index in [1.165, 1.54) is 0 Å². The summed E-state index contributed by atoms with van der Waals surface area (Å²) in [5, 5.41) is 7.46. The quantitative estimate of drug-likeness (QED) is 0.897. The first-order valence-electron chi connectivity index (χ1n) is 6.41. The van der Waals surface area contributed by atoms with E-state index >= 15 is 0 Å². The Morgan fingerprint density at radius 1 is 1.32 bits per heavy atom. The average Bonchev–Trinajstić information content (AvgIpc) is 2.76. The van der Waals surface area contributed by atoms with Crippen molar-refractivity contribution < 1.29 is 9.26 Å². The number of aryl methyl sites for hydroxylation is 2. The van der Waals surface area contributed by atoms with Crippen molar-refractivity contribution in [3.8, 4) is 5.75 Å². The molecule has 2 rings (SSSR count). The predicted octanol–water partition coefficient (Wildman–Crippen LogP) is 3.15. The van der Waals surface area contributed by atoms with Crippen LogP contribution in [0.5, 0.6) is 5.75 Å². The minimum absolute atomic E-state index is 0.191. The van der Waals surface area contributed by atoms with Crippen LogP contribution >= 0.6 is 0 Å². The molecule has 0 spiro atoms. The molecule has 0 aliphatic heterocycles. The van der Waals surface area contributed by atoms with Crippen molar-refractivity contribution in [3.05, 3.63) is 46.8 Å². The maximum Gasteiger partial charge on any atom is 0.138 e. The molecular weight excluding hydrogens is 240 g/mol. The van der Waals surface area contributed by atoms with E-state index in [9.17, 15) is 0 Å². The molecule has 102 valence electrons. The van der Waals surface area contributed by atoms with E-state index in [0.29, 0.717) is 0 Å². The molecule has 0 radical (unpaired) electrons. The van der Waals surface area contributed by atoms with Crippen molar-refractivity contribution in [2.75, 3.05) is 7.11 Å². The van der Waals surface area contributed by atoms with E-state index in [2.05, 4.69) is 23.5 Å². The largest absolute Gasteiger partial charge is 0.496 e. The topological polar surface area (TPSA) is 47.3 Å². The summed E-state index contributed by atoms with van der Waals surface area (Å²) in [5.41, 5.74) is 3.22. The minimum atomic E-state index is 0.191. The Hall–Kier alpha value is -1.81. The number of nitrogens with one attached hydrogen (secondary N) is 1. The maximum absolute atomic E-state index is 5.34. The summed E-state index contributed by atoms with van der Waals surface area (Å²) in [6, 6.07) is 8.21. The summed E-state index contributed by atoms with van der Waals surface area (Å²) in [6.07, 6.45) is 0. The van der Waals surface area contributed by atoms with Crippen LogP contribution in [-0.4, -0.2) is 12.3 Å². The predicted molar refractivity (Wildman–Crippen MR) is 74.2 cm³/mol. The zero-order valence-electron chi connectivity index (χ0n) is 11.9. The van der Waals surface area contributed by atoms with Gasteiger partial charge in [-0.3, -0.25) is 0 Å². The summed E-state index contributed by atoms with van der Waals surface area (Å²) in [7, 11) is 1.69. The lowest BCUT2D eigenvalue weighted by molar-refractivity contribution is 0.390. The monoisotopic (exact) mass is 260 g/mol. The van der Waals surface area contributed by atoms with Crippen molar-refractivity contribution >= 4 is 0 Å². The molecule has 19 heavy (non-hydrogen) atoms. The summed E-state index contributed by atoms with van der Waals surface area (Å²) in [5.74, 6) is 1.78. The molecule has 1 unspecified atom stereocenters. The molecule has 1 atom stereocenters. The standard InChI is InChI=1S/C15H20N2O2/c1-10(15-11(2)17-19-12(15)3)16-9-13-7-5-6-8-14(13)18-4/h5-8,10,16H,9H2,1-4H3. The van der Waals surface area contributed by atoms with Crippen molar-refractivity contribution in [1.82, 2.24) is 10.5 Å². The number of methoxy groups -OCH3 is 1. The highest BCUT2D eigenvalue weighted by Gasteiger charge is 2.16. The smallest absolute Gasteiger partial charge is 0.138 e. The maximum atomic E-state index is 5.34. The van der Waals surface area contributed by atoms with Gasteiger partial charge in [-0.1, -0.05) is 23.4 Å². The summed E-state index contributed by atoms with van der Waals surface area (Å²) in [4.78, 5) is 0. The summed E-state index contributed by atoms with van der Waals surface area (Å²) < 4.78 is 10.5. The summed E-state index contributed by atoms with van der Waals surface area (Å²) >= 11 is 0. The van der Waals surface area contributed by atoms with Gasteiger partial charge in [0.2, 0.25) is 0 Å². The molecule has 4 nitrogen and oxygen atoms in total. The fourth-order valence-electron chi connectivity index (χ4n) is 2.32. The SMILES string of the molecule is COc1ccccc1CNC(C)c1c(C)noc1C. The highest BCUT2D eigenvalue weighted by atomic mass is 16.5. The van der Waals surface area contributed by atoms with Gasteiger partial charge in [-0.2, -0.15) is 0 Å². The number of nitrogens with zero attached hydrogens (tertiary/aromatic N) is 1. The molecule has 2 aromatic rings. The van der Waals surface area contributed by atoms with Crippen LogP contribution in [0.1, 0.15) is 35.5 Å². The van der Waals surface area contributed by atoms with Crippen LogP contribution in [0, 0.1) is 13.8 Å². The zero-order chi connectivity index (χ0) is 13.8. The Labute approximate surface area is 113 Å². The third kappa shape index (κ3) is 2.96. The van der Waals surface area contributed by atoms with E-state index in [4.69, 9.17) is 9.26 Å². The minimum Gasteiger partial charge on any atom is -0.496 e. The third-order valence-electron chi connectivity index (χ3n) is 3.31. The van der Waals surface area contributed by atoms with E-state index in [1.54, 1.807) is 7.11 Å². The van der Waals surface area contributed by atoms with Crippen LogP contribution in [0.25, 0.3) is 0 Å². The van der Waals surface area contributed by atoms with Gasteiger partial charge in [0.1, 0.15) is 11.5 Å². The van der Waals surface area contributed by atoms with Gasteiger partial charge < -0.3 is 14.6 Å². The van der Waals surface area contributed by atoms with Gasteiger partial charge in [-0.25, -0.2) is 0 Å². The van der Waals surface area contributed by atoms with Crippen LogP contribution < -0.4 is 10.1 Å². The first-order chi connectivity index (χ1) is 9.13. The number of aromatic nitrogens is 1. The zero-order valence-corrected chi connectivity index (χ0v) is 11.9. The average molecular weight is 260 g/mol. The first kappa shape index (κ1) is 13.6. The molecule has 0 aliphatic carbocycles. The van der Waals surface area contributed by atoms with Crippen LogP contribution in [0.2, 0.25) is 0 Å². The van der Waals surface area contributed by atoms with Gasteiger partial charge in [-0.15, -0.1) is 0 Å². The fourth-order valence-corrected chi connectivity index (χ4v) is 2.32. The second-order valence-electron chi connectivity index (χ2n) is 4.65. The molecule has 4 heteroatoms. The number of ether oxygens (including phenoxy) is 1. The number of hydrogen-bond acceptors (Lipinski definition) is 4. The van der Waals surface area contributed by atoms with Crippen molar-refractivity contribution in [3.63, 3.8) is 0 Å². The Bertz CT molecular complexity index is 529. The highest BCUT2D eigenvalue weighted by Crippen LogP contribution is 2.23. The van der Waals surface area contributed by atoms with Gasteiger partial charge in [0.25, 0.3) is 0 Å². The molecule has 0 fully saturated rings. The Morgan fingerprint density at radius 3 is 2.68 bits per heavy atom. The van der Waals surface area contributed by atoms with Crippen molar-refractivity contribution in [1.29, 1.82) is 0 Å². The van der Waals surface area contributed by atoms with E-state index in [-0.39, 0.29) is 6.04 Å². The fraction of sp³-hybridized carbons (Fsp3) is 0.400. The molecule has 0 bridgehead atoms. The van der Waals surface area contributed by atoms with E-state index in [0.717, 1.165) is 34.9 Å². The number of para-hydroxylation sites is 1.